The number of hydrogen-bond acceptors (Lipinski definition) is 2. The van der Waals surface area contributed by atoms with E-state index in [-0.39, 0.29) is 0 Å². The van der Waals surface area contributed by atoms with Gasteiger partial charge in [-0.15, -0.1) is 0 Å². The van der Waals surface area contributed by atoms with Crippen molar-refractivity contribution in [2.75, 3.05) is 17.8 Å². The Hall–Kier alpha value is 0.650. The van der Waals surface area contributed by atoms with E-state index in [1.165, 1.54) is 0 Å². The van der Waals surface area contributed by atoms with Gasteiger partial charge in [0.25, 0.3) is 0 Å². The van der Waals surface area contributed by atoms with E-state index in [4.69, 9.17) is 9.47 Å². The van der Waals surface area contributed by atoms with E-state index in [1.807, 2.05) is 0 Å². The van der Waals surface area contributed by atoms with Crippen molar-refractivity contribution in [2.24, 2.45) is 0 Å². The summed E-state index contributed by atoms with van der Waals surface area (Å²) in [6.45, 7) is 1.27. The van der Waals surface area contributed by atoms with Crippen LogP contribution in [0.4, 0.5) is 0 Å². The molecule has 0 N–H and O–H groups in total. The maximum absolute atomic E-state index is 5.07. The van der Waals surface area contributed by atoms with Gasteiger partial charge in [-0.1, -0.05) is 22.6 Å². The molecule has 0 aromatic carbocycles. The molecule has 0 amide bonds. The topological polar surface area (TPSA) is 18.5 Å². The first-order chi connectivity index (χ1) is 3.43. The summed E-state index contributed by atoms with van der Waals surface area (Å²) >= 11 is 2.28. The first-order valence-electron chi connectivity index (χ1n) is 2.19. The van der Waals surface area contributed by atoms with Crippen molar-refractivity contribution in [3.63, 3.8) is 0 Å². The average molecular weight is 214 g/mol. The molecule has 0 aromatic heterocycles. The van der Waals surface area contributed by atoms with Gasteiger partial charge in [-0.3, -0.25) is 0 Å². The monoisotopic (exact) mass is 214 g/mol. The first kappa shape index (κ1) is 5.78. The van der Waals surface area contributed by atoms with Gasteiger partial charge in [-0.2, -0.15) is 0 Å². The van der Waals surface area contributed by atoms with Crippen molar-refractivity contribution < 1.29 is 9.47 Å². The van der Waals surface area contributed by atoms with Gasteiger partial charge >= 0.3 is 0 Å². The number of halogens is 1. The molecule has 1 aliphatic heterocycles. The van der Waals surface area contributed by atoms with Crippen LogP contribution in [0.25, 0.3) is 0 Å². The van der Waals surface area contributed by atoms with Gasteiger partial charge in [0.05, 0.1) is 12.7 Å². The van der Waals surface area contributed by atoms with Crippen LogP contribution in [0.3, 0.4) is 0 Å². The van der Waals surface area contributed by atoms with E-state index in [2.05, 4.69) is 22.6 Å². The number of rotatable bonds is 1. The van der Waals surface area contributed by atoms with Gasteiger partial charge in [0, 0.05) is 4.43 Å². The lowest BCUT2D eigenvalue weighted by Crippen LogP contribution is -2.09. The van der Waals surface area contributed by atoms with Crippen molar-refractivity contribution >= 4 is 22.6 Å². The summed E-state index contributed by atoms with van der Waals surface area (Å²) in [5, 5.41) is 0. The molecule has 1 fully saturated rings. The van der Waals surface area contributed by atoms with Gasteiger partial charge < -0.3 is 9.47 Å². The van der Waals surface area contributed by atoms with E-state index >= 15 is 0 Å². The second-order valence-electron chi connectivity index (χ2n) is 1.43. The molecule has 3 heteroatoms. The van der Waals surface area contributed by atoms with Crippen molar-refractivity contribution in [1.82, 2.24) is 0 Å². The summed E-state index contributed by atoms with van der Waals surface area (Å²) in [4.78, 5) is 0. The second-order valence-corrected chi connectivity index (χ2v) is 2.31. The van der Waals surface area contributed by atoms with E-state index in [0.717, 1.165) is 11.0 Å². The van der Waals surface area contributed by atoms with Gasteiger partial charge in [0.1, 0.15) is 6.79 Å². The zero-order valence-electron chi connectivity index (χ0n) is 3.89. The minimum Gasteiger partial charge on any atom is -0.353 e. The summed E-state index contributed by atoms with van der Waals surface area (Å²) in [6.07, 6.45) is 0.362. The standard InChI is InChI=1S/C4H7IO2/c5-1-4-2-6-3-7-4/h4H,1-3H2. The molecule has 1 atom stereocenters. The zero-order chi connectivity index (χ0) is 5.11. The van der Waals surface area contributed by atoms with E-state index in [1.54, 1.807) is 0 Å². The van der Waals surface area contributed by atoms with Crippen LogP contribution in [-0.2, 0) is 9.47 Å². The van der Waals surface area contributed by atoms with Gasteiger partial charge in [0.15, 0.2) is 0 Å². The van der Waals surface area contributed by atoms with Crippen molar-refractivity contribution in [3.8, 4) is 0 Å². The van der Waals surface area contributed by atoms with Gasteiger partial charge in [0.2, 0.25) is 0 Å². The Bertz CT molecular complexity index is 51.7. The fraction of sp³-hybridized carbons (Fsp3) is 1.00. The molecule has 1 saturated heterocycles. The normalized spacial score (nSPS) is 31.3. The molecule has 1 heterocycles. The van der Waals surface area contributed by atoms with Crippen LogP contribution in [0.15, 0.2) is 0 Å². The molecule has 2 nitrogen and oxygen atoms in total. The van der Waals surface area contributed by atoms with Crippen LogP contribution in [0.2, 0.25) is 0 Å². The van der Waals surface area contributed by atoms with Crippen LogP contribution in [0.1, 0.15) is 0 Å². The van der Waals surface area contributed by atoms with Crippen LogP contribution in [0.5, 0.6) is 0 Å². The lowest BCUT2D eigenvalue weighted by atomic mass is 10.5. The molecule has 0 bridgehead atoms. The summed E-state index contributed by atoms with van der Waals surface area (Å²) in [5.74, 6) is 0. The third-order valence-corrected chi connectivity index (χ3v) is 1.85. The van der Waals surface area contributed by atoms with E-state index in [0.29, 0.717) is 12.9 Å². The lowest BCUT2D eigenvalue weighted by Gasteiger charge is -1.97. The lowest BCUT2D eigenvalue weighted by molar-refractivity contribution is 0.0531. The Morgan fingerprint density at radius 2 is 2.57 bits per heavy atom. The largest absolute Gasteiger partial charge is 0.353 e. The fourth-order valence-electron chi connectivity index (χ4n) is 0.461. The highest BCUT2D eigenvalue weighted by Crippen LogP contribution is 2.04. The van der Waals surface area contributed by atoms with Crippen LogP contribution < -0.4 is 0 Å². The molecule has 1 unspecified atom stereocenters. The van der Waals surface area contributed by atoms with Crippen LogP contribution in [-0.4, -0.2) is 23.9 Å². The number of ether oxygens (including phenoxy) is 2. The number of hydrogen-bond donors (Lipinski definition) is 0. The fourth-order valence-corrected chi connectivity index (χ4v) is 0.970. The van der Waals surface area contributed by atoms with Gasteiger partial charge in [-0.25, -0.2) is 0 Å². The highest BCUT2D eigenvalue weighted by molar-refractivity contribution is 14.1. The summed E-state index contributed by atoms with van der Waals surface area (Å²) in [7, 11) is 0. The molecule has 0 saturated carbocycles. The maximum Gasteiger partial charge on any atom is 0.147 e. The molecule has 0 aromatic rings. The third-order valence-electron chi connectivity index (χ3n) is 0.863. The SMILES string of the molecule is ICC1COCO1. The molecule has 42 valence electrons. The molecule has 7 heavy (non-hydrogen) atoms. The molecule has 1 rings (SSSR count). The van der Waals surface area contributed by atoms with E-state index in [9.17, 15) is 0 Å². The van der Waals surface area contributed by atoms with Crippen molar-refractivity contribution in [2.45, 2.75) is 6.10 Å². The minimum atomic E-state index is 0.362. The second kappa shape index (κ2) is 2.84. The Morgan fingerprint density at radius 1 is 1.71 bits per heavy atom. The molecule has 0 spiro atoms. The zero-order valence-corrected chi connectivity index (χ0v) is 6.05. The third kappa shape index (κ3) is 1.54. The van der Waals surface area contributed by atoms with E-state index < -0.39 is 0 Å². The Kier molecular flexibility index (Phi) is 2.34. The quantitative estimate of drug-likeness (QED) is 0.474. The predicted molar refractivity (Wildman–Crippen MR) is 34.6 cm³/mol. The van der Waals surface area contributed by atoms with Crippen LogP contribution in [0, 0.1) is 0 Å². The highest BCUT2D eigenvalue weighted by atomic mass is 127. The van der Waals surface area contributed by atoms with Crippen molar-refractivity contribution in [3.05, 3.63) is 0 Å². The van der Waals surface area contributed by atoms with Gasteiger partial charge in [-0.05, 0) is 0 Å². The summed E-state index contributed by atoms with van der Waals surface area (Å²) in [5.41, 5.74) is 0. The molecule has 0 aliphatic carbocycles. The summed E-state index contributed by atoms with van der Waals surface area (Å²) in [6, 6.07) is 0. The average Bonchev–Trinajstić information content (AvgIpc) is 2.14. The smallest absolute Gasteiger partial charge is 0.147 e. The Labute approximate surface area is 56.3 Å². The molecule has 0 radical (unpaired) electrons. The summed E-state index contributed by atoms with van der Waals surface area (Å²) < 4.78 is 11.0. The predicted octanol–water partition coefficient (Wildman–Crippen LogP) is 0.794. The van der Waals surface area contributed by atoms with Crippen molar-refractivity contribution in [1.29, 1.82) is 0 Å². The molecular formula is C4H7IO2. The van der Waals surface area contributed by atoms with Crippen LogP contribution >= 0.6 is 22.6 Å². The highest BCUT2D eigenvalue weighted by Gasteiger charge is 2.12. The molecular weight excluding hydrogens is 207 g/mol. The minimum absolute atomic E-state index is 0.362. The molecule has 1 aliphatic rings. The Morgan fingerprint density at radius 3 is 2.86 bits per heavy atom. The Balaban J connectivity index is 2.14. The first-order valence-corrected chi connectivity index (χ1v) is 3.71. The number of alkyl halides is 1. The maximum atomic E-state index is 5.07.